The van der Waals surface area contributed by atoms with E-state index in [0.29, 0.717) is 11.5 Å². The van der Waals surface area contributed by atoms with Crippen molar-refractivity contribution in [1.29, 1.82) is 5.26 Å². The van der Waals surface area contributed by atoms with Crippen LogP contribution in [0.5, 0.6) is 11.5 Å². The number of para-hydroxylation sites is 2. The van der Waals surface area contributed by atoms with Crippen molar-refractivity contribution in [3.63, 3.8) is 0 Å². The molecule has 0 radical (unpaired) electrons. The molecule has 0 aliphatic heterocycles. The van der Waals surface area contributed by atoms with Crippen molar-refractivity contribution in [2.24, 2.45) is 0 Å². The van der Waals surface area contributed by atoms with E-state index >= 15 is 0 Å². The summed E-state index contributed by atoms with van der Waals surface area (Å²) in [7, 11) is 1.53. The van der Waals surface area contributed by atoms with Crippen molar-refractivity contribution in [3.05, 3.63) is 53.6 Å². The molecule has 0 heterocycles. The van der Waals surface area contributed by atoms with Crippen LogP contribution in [-0.4, -0.2) is 19.8 Å². The molecule has 1 atom stereocenters. The van der Waals surface area contributed by atoms with Gasteiger partial charge in [0.05, 0.1) is 25.3 Å². The molecule has 0 saturated carbocycles. The summed E-state index contributed by atoms with van der Waals surface area (Å²) < 4.78 is 38.4. The Morgan fingerprint density at radius 3 is 2.35 bits per heavy atom. The molecule has 2 rings (SSSR count). The van der Waals surface area contributed by atoms with E-state index in [1.165, 1.54) is 7.11 Å². The van der Waals surface area contributed by atoms with Crippen LogP contribution in [-0.2, 0) is 0 Å². The Bertz CT molecular complexity index is 706. The minimum atomic E-state index is -0.814. The second-order valence-corrected chi connectivity index (χ2v) is 4.89. The zero-order chi connectivity index (χ0) is 16.8. The lowest BCUT2D eigenvalue weighted by molar-refractivity contribution is 0.223. The molecule has 1 N–H and O–H groups in total. The zero-order valence-corrected chi connectivity index (χ0v) is 12.8. The second-order valence-electron chi connectivity index (χ2n) is 4.89. The molecule has 0 spiro atoms. The van der Waals surface area contributed by atoms with Crippen LogP contribution in [0.25, 0.3) is 0 Å². The molecule has 0 aliphatic carbocycles. The minimum Gasteiger partial charge on any atom is -0.493 e. The molecule has 120 valence electrons. The monoisotopic (exact) mass is 318 g/mol. The highest BCUT2D eigenvalue weighted by Gasteiger charge is 2.13. The number of nitrogens with one attached hydrogen (secondary N) is 1. The quantitative estimate of drug-likeness (QED) is 0.882. The summed E-state index contributed by atoms with van der Waals surface area (Å²) in [6.07, 6.45) is -0.360. The zero-order valence-electron chi connectivity index (χ0n) is 12.8. The van der Waals surface area contributed by atoms with E-state index in [0.717, 1.165) is 12.1 Å². The summed E-state index contributed by atoms with van der Waals surface area (Å²) in [6, 6.07) is 10.8. The Morgan fingerprint density at radius 1 is 1.17 bits per heavy atom. The maximum absolute atomic E-state index is 13.8. The van der Waals surface area contributed by atoms with Crippen LogP contribution in [0.4, 0.5) is 14.5 Å². The molecule has 2 aromatic rings. The van der Waals surface area contributed by atoms with Gasteiger partial charge in [-0.2, -0.15) is 5.26 Å². The fourth-order valence-corrected chi connectivity index (χ4v) is 2.03. The minimum absolute atomic E-state index is 0.0659. The predicted octanol–water partition coefficient (Wildman–Crippen LogP) is 3.72. The van der Waals surface area contributed by atoms with E-state index in [4.69, 9.17) is 14.7 Å². The molecule has 0 fully saturated rings. The predicted molar refractivity (Wildman–Crippen MR) is 82.6 cm³/mol. The van der Waals surface area contributed by atoms with Crippen molar-refractivity contribution >= 4 is 5.69 Å². The van der Waals surface area contributed by atoms with Crippen LogP contribution in [0.15, 0.2) is 36.4 Å². The molecule has 0 amide bonds. The Hall–Kier alpha value is -2.81. The summed E-state index contributed by atoms with van der Waals surface area (Å²) in [5, 5.41) is 11.3. The normalized spacial score (nSPS) is 11.4. The largest absolute Gasteiger partial charge is 0.493 e. The highest BCUT2D eigenvalue weighted by Crippen LogP contribution is 2.27. The highest BCUT2D eigenvalue weighted by atomic mass is 19.1. The third kappa shape index (κ3) is 4.10. The Labute approximate surface area is 133 Å². The van der Waals surface area contributed by atoms with E-state index < -0.39 is 11.6 Å². The van der Waals surface area contributed by atoms with Crippen LogP contribution in [0.1, 0.15) is 12.5 Å². The number of hydrogen-bond donors (Lipinski definition) is 1. The third-order valence-electron chi connectivity index (χ3n) is 3.13. The smallest absolute Gasteiger partial charge is 0.161 e. The first-order valence-corrected chi connectivity index (χ1v) is 6.97. The summed E-state index contributed by atoms with van der Waals surface area (Å²) in [5.74, 6) is -0.503. The molecule has 6 heteroatoms. The van der Waals surface area contributed by atoms with Crippen LogP contribution in [0.2, 0.25) is 0 Å². The number of methoxy groups -OCH3 is 1. The SMILES string of the molecule is COc1ccccc1OC(C)CNc1c(F)cc(C#N)cc1F. The second kappa shape index (κ2) is 7.45. The molecule has 0 aliphatic rings. The highest BCUT2D eigenvalue weighted by molar-refractivity contribution is 5.50. The van der Waals surface area contributed by atoms with E-state index in [-0.39, 0.29) is 23.9 Å². The number of anilines is 1. The van der Waals surface area contributed by atoms with Gasteiger partial charge in [-0.15, -0.1) is 0 Å². The van der Waals surface area contributed by atoms with Gasteiger partial charge >= 0.3 is 0 Å². The van der Waals surface area contributed by atoms with Gasteiger partial charge in [0.25, 0.3) is 0 Å². The molecule has 0 bridgehead atoms. The van der Waals surface area contributed by atoms with Gasteiger partial charge in [-0.3, -0.25) is 0 Å². The molecule has 23 heavy (non-hydrogen) atoms. The number of ether oxygens (including phenoxy) is 2. The van der Waals surface area contributed by atoms with Crippen molar-refractivity contribution in [1.82, 2.24) is 0 Å². The van der Waals surface area contributed by atoms with Gasteiger partial charge in [0, 0.05) is 0 Å². The lowest BCUT2D eigenvalue weighted by Crippen LogP contribution is -2.23. The van der Waals surface area contributed by atoms with Crippen LogP contribution >= 0.6 is 0 Å². The Balaban J connectivity index is 2.02. The molecule has 0 aromatic heterocycles. The van der Waals surface area contributed by atoms with Gasteiger partial charge in [-0.05, 0) is 31.2 Å². The number of nitriles is 1. The lowest BCUT2D eigenvalue weighted by atomic mass is 10.2. The molecule has 0 saturated heterocycles. The summed E-state index contributed by atoms with van der Waals surface area (Å²) in [6.45, 7) is 1.94. The number of benzene rings is 2. The first-order chi connectivity index (χ1) is 11.0. The maximum atomic E-state index is 13.8. The molecular formula is C17H16F2N2O2. The number of halogens is 2. The number of nitrogens with zero attached hydrogens (tertiary/aromatic N) is 1. The number of hydrogen-bond acceptors (Lipinski definition) is 4. The summed E-state index contributed by atoms with van der Waals surface area (Å²) >= 11 is 0. The molecule has 4 nitrogen and oxygen atoms in total. The van der Waals surface area contributed by atoms with Gasteiger partial charge in [0.1, 0.15) is 11.8 Å². The Kier molecular flexibility index (Phi) is 5.36. The molecule has 1 unspecified atom stereocenters. The fraction of sp³-hybridized carbons (Fsp3) is 0.235. The van der Waals surface area contributed by atoms with Gasteiger partial charge in [0.2, 0.25) is 0 Å². The summed E-state index contributed by atoms with van der Waals surface area (Å²) in [4.78, 5) is 0. The van der Waals surface area contributed by atoms with Crippen LogP contribution < -0.4 is 14.8 Å². The van der Waals surface area contributed by atoms with Crippen molar-refractivity contribution in [2.75, 3.05) is 19.0 Å². The lowest BCUT2D eigenvalue weighted by Gasteiger charge is -2.18. The van der Waals surface area contributed by atoms with E-state index in [9.17, 15) is 8.78 Å². The first kappa shape index (κ1) is 16.6. The molecule has 2 aromatic carbocycles. The topological polar surface area (TPSA) is 54.3 Å². The van der Waals surface area contributed by atoms with Crippen LogP contribution in [0, 0.1) is 23.0 Å². The Morgan fingerprint density at radius 2 is 1.78 bits per heavy atom. The summed E-state index contributed by atoms with van der Waals surface area (Å²) in [5.41, 5.74) is -0.344. The van der Waals surface area contributed by atoms with Crippen molar-refractivity contribution in [2.45, 2.75) is 13.0 Å². The maximum Gasteiger partial charge on any atom is 0.161 e. The van der Waals surface area contributed by atoms with E-state index in [1.54, 1.807) is 31.2 Å². The average molecular weight is 318 g/mol. The van der Waals surface area contributed by atoms with Gasteiger partial charge in [-0.25, -0.2) is 8.78 Å². The van der Waals surface area contributed by atoms with Gasteiger partial charge < -0.3 is 14.8 Å². The fourth-order valence-electron chi connectivity index (χ4n) is 2.03. The first-order valence-electron chi connectivity index (χ1n) is 6.97. The average Bonchev–Trinajstić information content (AvgIpc) is 2.54. The van der Waals surface area contributed by atoms with Gasteiger partial charge in [0.15, 0.2) is 23.1 Å². The third-order valence-corrected chi connectivity index (χ3v) is 3.13. The van der Waals surface area contributed by atoms with E-state index in [2.05, 4.69) is 5.32 Å². The van der Waals surface area contributed by atoms with E-state index in [1.807, 2.05) is 6.07 Å². The number of rotatable bonds is 6. The molecular weight excluding hydrogens is 302 g/mol. The van der Waals surface area contributed by atoms with Crippen LogP contribution in [0.3, 0.4) is 0 Å². The standard InChI is InChI=1S/C17H16F2N2O2/c1-11(23-16-6-4-3-5-15(16)22-2)10-21-17-13(18)7-12(9-20)8-14(17)19/h3-8,11,21H,10H2,1-2H3. The van der Waals surface area contributed by atoms with Crippen molar-refractivity contribution < 1.29 is 18.3 Å². The van der Waals surface area contributed by atoms with Crippen molar-refractivity contribution in [3.8, 4) is 17.6 Å². The van der Waals surface area contributed by atoms with Gasteiger partial charge in [-0.1, -0.05) is 12.1 Å².